The summed E-state index contributed by atoms with van der Waals surface area (Å²) in [4.78, 5) is 14.7. The zero-order valence-corrected chi connectivity index (χ0v) is 13.1. The highest BCUT2D eigenvalue weighted by atomic mass is 32.2. The molecule has 0 fully saturated rings. The Bertz CT molecular complexity index is 510. The number of rotatable bonds is 4. The molecule has 0 saturated heterocycles. The van der Waals surface area contributed by atoms with Crippen molar-refractivity contribution in [2.24, 2.45) is 0 Å². The maximum Gasteiger partial charge on any atom is 0.317 e. The molecule has 1 aliphatic rings. The average molecular weight is 312 g/mol. The molecule has 1 aliphatic heterocycles. The van der Waals surface area contributed by atoms with Gasteiger partial charge in [0.25, 0.3) is 0 Å². The van der Waals surface area contributed by atoms with E-state index in [4.69, 9.17) is 0 Å². The van der Waals surface area contributed by atoms with Crippen molar-refractivity contribution in [2.45, 2.75) is 36.8 Å². The zero-order valence-electron chi connectivity index (χ0n) is 12.3. The zero-order chi connectivity index (χ0) is 15.4. The number of thioether (sulfide) groups is 1. The Morgan fingerprint density at radius 1 is 1.62 bits per heavy atom. The van der Waals surface area contributed by atoms with Gasteiger partial charge in [-0.05, 0) is 43.5 Å². The summed E-state index contributed by atoms with van der Waals surface area (Å²) in [7, 11) is 1.70. The lowest BCUT2D eigenvalue weighted by atomic mass is 10.0. The molecule has 116 valence electrons. The number of aliphatic hydroxyl groups is 1. The number of aliphatic hydroxyl groups excluding tert-OH is 1. The lowest BCUT2D eigenvalue weighted by Crippen LogP contribution is -2.41. The first-order valence-corrected chi connectivity index (χ1v) is 8.08. The van der Waals surface area contributed by atoms with Gasteiger partial charge < -0.3 is 15.3 Å². The van der Waals surface area contributed by atoms with E-state index < -0.39 is 6.10 Å². The first-order valence-electron chi connectivity index (χ1n) is 7.09. The van der Waals surface area contributed by atoms with Gasteiger partial charge in [-0.25, -0.2) is 9.18 Å². The number of nitrogens with zero attached hydrogens (tertiary/aromatic N) is 1. The third kappa shape index (κ3) is 4.35. The van der Waals surface area contributed by atoms with Crippen molar-refractivity contribution in [1.82, 2.24) is 10.2 Å². The Morgan fingerprint density at radius 2 is 2.38 bits per heavy atom. The van der Waals surface area contributed by atoms with Crippen LogP contribution in [0.1, 0.15) is 31.4 Å². The van der Waals surface area contributed by atoms with Gasteiger partial charge in [-0.1, -0.05) is 0 Å². The topological polar surface area (TPSA) is 52.6 Å². The van der Waals surface area contributed by atoms with Crippen LogP contribution in [-0.4, -0.2) is 41.5 Å². The van der Waals surface area contributed by atoms with Crippen LogP contribution in [0.25, 0.3) is 0 Å². The molecule has 4 nitrogen and oxygen atoms in total. The Balaban J connectivity index is 2.01. The van der Waals surface area contributed by atoms with Crippen molar-refractivity contribution in [3.8, 4) is 0 Å². The van der Waals surface area contributed by atoms with E-state index in [0.29, 0.717) is 13.0 Å². The molecule has 6 heteroatoms. The van der Waals surface area contributed by atoms with E-state index in [-0.39, 0.29) is 17.9 Å². The van der Waals surface area contributed by atoms with Crippen molar-refractivity contribution in [3.05, 3.63) is 29.6 Å². The van der Waals surface area contributed by atoms with Crippen molar-refractivity contribution in [1.29, 1.82) is 0 Å². The molecule has 2 atom stereocenters. The summed E-state index contributed by atoms with van der Waals surface area (Å²) in [6.45, 7) is 2.18. The van der Waals surface area contributed by atoms with Crippen LogP contribution >= 0.6 is 11.8 Å². The van der Waals surface area contributed by atoms with E-state index >= 15 is 0 Å². The predicted octanol–water partition coefficient (Wildman–Crippen LogP) is 2.77. The molecule has 1 aromatic carbocycles. The van der Waals surface area contributed by atoms with Crippen LogP contribution < -0.4 is 5.32 Å². The van der Waals surface area contributed by atoms with E-state index in [1.54, 1.807) is 36.7 Å². The molecule has 2 rings (SSSR count). The normalized spacial score (nSPS) is 18.8. The Labute approximate surface area is 128 Å². The van der Waals surface area contributed by atoms with E-state index in [1.165, 1.54) is 12.1 Å². The second kappa shape index (κ2) is 7.13. The molecule has 0 radical (unpaired) electrons. The summed E-state index contributed by atoms with van der Waals surface area (Å²) in [5, 5.41) is 12.2. The van der Waals surface area contributed by atoms with E-state index in [1.807, 2.05) is 0 Å². The minimum Gasteiger partial charge on any atom is -0.393 e. The molecule has 2 unspecified atom stereocenters. The quantitative estimate of drug-likeness (QED) is 0.899. The summed E-state index contributed by atoms with van der Waals surface area (Å²) in [6.07, 6.45) is 0.897. The van der Waals surface area contributed by atoms with Crippen LogP contribution in [0.4, 0.5) is 9.18 Å². The van der Waals surface area contributed by atoms with Gasteiger partial charge in [0, 0.05) is 24.2 Å². The van der Waals surface area contributed by atoms with Gasteiger partial charge in [0.2, 0.25) is 0 Å². The summed E-state index contributed by atoms with van der Waals surface area (Å²) in [5.41, 5.74) is 0.850. The Kier molecular flexibility index (Phi) is 5.47. The van der Waals surface area contributed by atoms with Crippen molar-refractivity contribution in [3.63, 3.8) is 0 Å². The number of fused-ring (bicyclic) bond motifs is 1. The van der Waals surface area contributed by atoms with Crippen molar-refractivity contribution < 1.29 is 14.3 Å². The molecule has 1 aromatic rings. The molecule has 0 aliphatic carbocycles. The van der Waals surface area contributed by atoms with E-state index in [2.05, 4.69) is 5.32 Å². The number of carbonyl (C=O) groups is 1. The van der Waals surface area contributed by atoms with Crippen molar-refractivity contribution in [2.75, 3.05) is 19.3 Å². The lowest BCUT2D eigenvalue weighted by molar-refractivity contribution is 0.162. The minimum absolute atomic E-state index is 0.154. The Hall–Kier alpha value is -1.27. The SMILES string of the molecule is CC(O)CCN(C)C(=O)NC1CCSc2ccc(F)cc21. The fourth-order valence-electron chi connectivity index (χ4n) is 2.26. The molecule has 0 aromatic heterocycles. The van der Waals surface area contributed by atoms with Gasteiger partial charge in [-0.2, -0.15) is 0 Å². The molecule has 21 heavy (non-hydrogen) atoms. The molecular formula is C15H21FN2O2S. The molecular weight excluding hydrogens is 291 g/mol. The second-order valence-corrected chi connectivity index (χ2v) is 6.52. The summed E-state index contributed by atoms with van der Waals surface area (Å²) >= 11 is 1.69. The van der Waals surface area contributed by atoms with Gasteiger partial charge >= 0.3 is 6.03 Å². The fourth-order valence-corrected chi connectivity index (χ4v) is 3.36. The van der Waals surface area contributed by atoms with E-state index in [9.17, 15) is 14.3 Å². The van der Waals surface area contributed by atoms with E-state index in [0.717, 1.165) is 22.6 Å². The number of benzene rings is 1. The summed E-state index contributed by atoms with van der Waals surface area (Å²) < 4.78 is 13.4. The number of halogens is 1. The number of urea groups is 1. The van der Waals surface area contributed by atoms with Gasteiger partial charge in [0.05, 0.1) is 12.1 Å². The number of nitrogens with one attached hydrogen (secondary N) is 1. The number of carbonyl (C=O) groups excluding carboxylic acids is 1. The van der Waals surface area contributed by atoms with Crippen LogP contribution in [0, 0.1) is 5.82 Å². The van der Waals surface area contributed by atoms with Crippen molar-refractivity contribution >= 4 is 17.8 Å². The maximum atomic E-state index is 13.4. The minimum atomic E-state index is -0.429. The molecule has 2 amide bonds. The van der Waals surface area contributed by atoms with Gasteiger partial charge in [-0.3, -0.25) is 0 Å². The van der Waals surface area contributed by atoms with Crippen LogP contribution in [0.5, 0.6) is 0 Å². The van der Waals surface area contributed by atoms with Crippen LogP contribution in [0.2, 0.25) is 0 Å². The number of hydrogen-bond donors (Lipinski definition) is 2. The predicted molar refractivity (Wildman–Crippen MR) is 81.9 cm³/mol. The highest BCUT2D eigenvalue weighted by Gasteiger charge is 2.24. The molecule has 0 spiro atoms. The highest BCUT2D eigenvalue weighted by molar-refractivity contribution is 7.99. The Morgan fingerprint density at radius 3 is 3.10 bits per heavy atom. The monoisotopic (exact) mass is 312 g/mol. The first-order chi connectivity index (χ1) is 9.97. The molecule has 1 heterocycles. The number of hydrogen-bond acceptors (Lipinski definition) is 3. The summed E-state index contributed by atoms with van der Waals surface area (Å²) in [6, 6.07) is 4.37. The van der Waals surface area contributed by atoms with Crippen LogP contribution in [0.15, 0.2) is 23.1 Å². The fraction of sp³-hybridized carbons (Fsp3) is 0.533. The largest absolute Gasteiger partial charge is 0.393 e. The standard InChI is InChI=1S/C15H21FN2O2S/c1-10(19)5-7-18(2)15(20)17-13-6-8-21-14-4-3-11(16)9-12(13)14/h3-4,9-10,13,19H,5-8H2,1-2H3,(H,17,20). The molecule has 2 N–H and O–H groups in total. The third-order valence-electron chi connectivity index (χ3n) is 3.54. The number of amides is 2. The van der Waals surface area contributed by atoms with Crippen LogP contribution in [-0.2, 0) is 0 Å². The molecule has 0 saturated carbocycles. The highest BCUT2D eigenvalue weighted by Crippen LogP contribution is 2.36. The van der Waals surface area contributed by atoms with Gasteiger partial charge in [0.15, 0.2) is 0 Å². The van der Waals surface area contributed by atoms with Gasteiger partial charge in [-0.15, -0.1) is 11.8 Å². The first kappa shape index (κ1) is 16.1. The smallest absolute Gasteiger partial charge is 0.317 e. The van der Waals surface area contributed by atoms with Crippen LogP contribution in [0.3, 0.4) is 0 Å². The second-order valence-electron chi connectivity index (χ2n) is 5.38. The average Bonchev–Trinajstić information content (AvgIpc) is 2.45. The third-order valence-corrected chi connectivity index (χ3v) is 4.66. The molecule has 0 bridgehead atoms. The lowest BCUT2D eigenvalue weighted by Gasteiger charge is -2.28. The van der Waals surface area contributed by atoms with Gasteiger partial charge in [0.1, 0.15) is 5.82 Å². The maximum absolute atomic E-state index is 13.4. The summed E-state index contributed by atoms with van der Waals surface area (Å²) in [5.74, 6) is 0.624.